The topological polar surface area (TPSA) is 58.6 Å². The van der Waals surface area contributed by atoms with Crippen LogP contribution in [0.5, 0.6) is 0 Å². The van der Waals surface area contributed by atoms with E-state index < -0.39 is 6.10 Å². The molecule has 0 bridgehead atoms. The van der Waals surface area contributed by atoms with E-state index in [4.69, 9.17) is 16.3 Å². The molecular formula is C24H31Cl2NO3. The van der Waals surface area contributed by atoms with Gasteiger partial charge in [0.15, 0.2) is 0 Å². The Morgan fingerprint density at radius 3 is 2.87 bits per heavy atom. The van der Waals surface area contributed by atoms with Crippen molar-refractivity contribution in [1.82, 2.24) is 5.32 Å². The smallest absolute Gasteiger partial charge is 0.306 e. The number of ether oxygens (including phenoxy) is 1. The first-order valence-electron chi connectivity index (χ1n) is 10.5. The monoisotopic (exact) mass is 451 g/mol. The van der Waals surface area contributed by atoms with E-state index in [1.807, 2.05) is 31.2 Å². The summed E-state index contributed by atoms with van der Waals surface area (Å²) in [7, 11) is 0. The van der Waals surface area contributed by atoms with Crippen LogP contribution >= 0.6 is 24.0 Å². The van der Waals surface area contributed by atoms with Crippen LogP contribution in [0.3, 0.4) is 0 Å². The average molecular weight is 452 g/mol. The number of aliphatic hydroxyl groups is 1. The third kappa shape index (κ3) is 7.28. The molecule has 2 aromatic carbocycles. The number of aliphatic hydroxyl groups excluding tert-OH is 1. The molecule has 2 unspecified atom stereocenters. The molecule has 0 amide bonds. The Labute approximate surface area is 190 Å². The quantitative estimate of drug-likeness (QED) is 0.543. The molecule has 0 aromatic heterocycles. The summed E-state index contributed by atoms with van der Waals surface area (Å²) < 4.78 is 5.01. The lowest BCUT2D eigenvalue weighted by atomic mass is 9.83. The summed E-state index contributed by atoms with van der Waals surface area (Å²) in [6.45, 7) is 3.69. The van der Waals surface area contributed by atoms with E-state index in [0.717, 1.165) is 37.8 Å². The number of nitrogens with one attached hydrogen (secondary N) is 1. The summed E-state index contributed by atoms with van der Waals surface area (Å²) in [5.74, 6) is 0.441. The maximum absolute atomic E-state index is 11.6. The van der Waals surface area contributed by atoms with Gasteiger partial charge in [0, 0.05) is 18.0 Å². The highest BCUT2D eigenvalue weighted by molar-refractivity contribution is 6.30. The fourth-order valence-electron chi connectivity index (χ4n) is 3.95. The van der Waals surface area contributed by atoms with Crippen molar-refractivity contribution >= 4 is 30.0 Å². The maximum atomic E-state index is 11.6. The van der Waals surface area contributed by atoms with Crippen LogP contribution in [0.2, 0.25) is 5.02 Å². The van der Waals surface area contributed by atoms with Crippen molar-refractivity contribution in [3.63, 3.8) is 0 Å². The van der Waals surface area contributed by atoms with Gasteiger partial charge in [0.25, 0.3) is 0 Å². The molecule has 2 aromatic rings. The molecule has 4 nitrogen and oxygen atoms in total. The lowest BCUT2D eigenvalue weighted by Gasteiger charge is -2.26. The fraction of sp³-hybridized carbons (Fsp3) is 0.458. The van der Waals surface area contributed by atoms with E-state index in [1.54, 1.807) is 0 Å². The van der Waals surface area contributed by atoms with Gasteiger partial charge < -0.3 is 15.2 Å². The summed E-state index contributed by atoms with van der Waals surface area (Å²) in [5, 5.41) is 14.4. The zero-order chi connectivity index (χ0) is 20.6. The van der Waals surface area contributed by atoms with Gasteiger partial charge in [-0.3, -0.25) is 4.79 Å². The van der Waals surface area contributed by atoms with Crippen molar-refractivity contribution in [3.05, 3.63) is 69.7 Å². The second-order valence-electron chi connectivity index (χ2n) is 7.75. The van der Waals surface area contributed by atoms with Crippen LogP contribution in [-0.2, 0) is 28.8 Å². The predicted molar refractivity (Wildman–Crippen MR) is 123 cm³/mol. The average Bonchev–Trinajstić information content (AvgIpc) is 2.72. The van der Waals surface area contributed by atoms with Crippen molar-refractivity contribution in [2.45, 2.75) is 45.1 Å². The second-order valence-corrected chi connectivity index (χ2v) is 8.18. The molecule has 2 atom stereocenters. The maximum Gasteiger partial charge on any atom is 0.306 e. The molecule has 0 saturated heterocycles. The number of hydrogen-bond donors (Lipinski definition) is 2. The normalized spacial score (nSPS) is 16.3. The molecule has 0 heterocycles. The van der Waals surface area contributed by atoms with E-state index in [-0.39, 0.29) is 18.4 Å². The summed E-state index contributed by atoms with van der Waals surface area (Å²) in [6, 6.07) is 14.0. The Hall–Kier alpha value is -1.59. The number of esters is 1. The molecule has 1 aliphatic carbocycles. The van der Waals surface area contributed by atoms with Crippen LogP contribution in [0, 0.1) is 5.92 Å². The highest BCUT2D eigenvalue weighted by Gasteiger charge is 2.19. The highest BCUT2D eigenvalue weighted by Crippen LogP contribution is 2.27. The zero-order valence-electron chi connectivity index (χ0n) is 17.4. The minimum absolute atomic E-state index is 0. The van der Waals surface area contributed by atoms with E-state index in [0.29, 0.717) is 30.5 Å². The molecule has 0 aliphatic heterocycles. The molecule has 1 aliphatic rings. The predicted octanol–water partition coefficient (Wildman–Crippen LogP) is 4.69. The first-order valence-corrected chi connectivity index (χ1v) is 10.8. The Morgan fingerprint density at radius 2 is 2.10 bits per heavy atom. The van der Waals surface area contributed by atoms with Gasteiger partial charge in [-0.05, 0) is 79.5 Å². The molecule has 3 rings (SSSR count). The molecule has 6 heteroatoms. The van der Waals surface area contributed by atoms with Crippen LogP contribution in [0.25, 0.3) is 0 Å². The first-order chi connectivity index (χ1) is 14.0. The van der Waals surface area contributed by atoms with Gasteiger partial charge in [-0.15, -0.1) is 12.4 Å². The Kier molecular flexibility index (Phi) is 10.1. The molecule has 0 fully saturated rings. The molecule has 2 N–H and O–H groups in total. The minimum atomic E-state index is -0.550. The summed E-state index contributed by atoms with van der Waals surface area (Å²) in [5.41, 5.74) is 4.85. The van der Waals surface area contributed by atoms with Crippen molar-refractivity contribution in [1.29, 1.82) is 0 Å². The zero-order valence-corrected chi connectivity index (χ0v) is 19.0. The van der Waals surface area contributed by atoms with Gasteiger partial charge in [0.2, 0.25) is 0 Å². The van der Waals surface area contributed by atoms with Gasteiger partial charge in [0.1, 0.15) is 0 Å². The summed E-state index contributed by atoms with van der Waals surface area (Å²) in [6.07, 6.45) is 3.87. The molecular weight excluding hydrogens is 421 g/mol. The molecule has 30 heavy (non-hydrogen) atoms. The number of benzene rings is 2. The SMILES string of the molecule is CCOC(=O)CCc1ccc2c(c1)CCC(CNCC(O)c1cccc(Cl)c1)C2.Cl. The van der Waals surface area contributed by atoms with Crippen molar-refractivity contribution < 1.29 is 14.6 Å². The number of carbonyl (C=O) groups excluding carboxylic acids is 1. The van der Waals surface area contributed by atoms with Gasteiger partial charge in [-0.1, -0.05) is 41.9 Å². The first kappa shape index (κ1) is 24.7. The number of fused-ring (bicyclic) bond motifs is 1. The highest BCUT2D eigenvalue weighted by atomic mass is 35.5. The van der Waals surface area contributed by atoms with E-state index >= 15 is 0 Å². The lowest BCUT2D eigenvalue weighted by molar-refractivity contribution is -0.143. The Bertz CT molecular complexity index is 828. The minimum Gasteiger partial charge on any atom is -0.466 e. The molecule has 0 spiro atoms. The van der Waals surface area contributed by atoms with Gasteiger partial charge >= 0.3 is 5.97 Å². The van der Waals surface area contributed by atoms with Crippen LogP contribution in [0.4, 0.5) is 0 Å². The van der Waals surface area contributed by atoms with Crippen LogP contribution in [-0.4, -0.2) is 30.8 Å². The number of aryl methyl sites for hydroxylation is 2. The number of halogens is 2. The number of rotatable bonds is 9. The van der Waals surface area contributed by atoms with Crippen molar-refractivity contribution in [2.75, 3.05) is 19.7 Å². The number of carbonyl (C=O) groups is 1. The van der Waals surface area contributed by atoms with E-state index in [2.05, 4.69) is 23.5 Å². The number of hydrogen-bond acceptors (Lipinski definition) is 4. The Balaban J connectivity index is 0.00000320. The lowest BCUT2D eigenvalue weighted by Crippen LogP contribution is -2.30. The van der Waals surface area contributed by atoms with Gasteiger partial charge in [0.05, 0.1) is 12.7 Å². The molecule has 164 valence electrons. The van der Waals surface area contributed by atoms with E-state index in [9.17, 15) is 9.90 Å². The van der Waals surface area contributed by atoms with Gasteiger partial charge in [-0.2, -0.15) is 0 Å². The third-order valence-corrected chi connectivity index (χ3v) is 5.76. The third-order valence-electron chi connectivity index (χ3n) is 5.53. The second kappa shape index (κ2) is 12.3. The summed E-state index contributed by atoms with van der Waals surface area (Å²) >= 11 is 6.00. The van der Waals surface area contributed by atoms with E-state index in [1.165, 1.54) is 16.7 Å². The van der Waals surface area contributed by atoms with Gasteiger partial charge in [-0.25, -0.2) is 0 Å². The Morgan fingerprint density at radius 1 is 1.27 bits per heavy atom. The van der Waals surface area contributed by atoms with Crippen LogP contribution < -0.4 is 5.32 Å². The molecule has 0 saturated carbocycles. The van der Waals surface area contributed by atoms with Crippen molar-refractivity contribution in [2.24, 2.45) is 5.92 Å². The fourth-order valence-corrected chi connectivity index (χ4v) is 4.15. The largest absolute Gasteiger partial charge is 0.466 e. The van der Waals surface area contributed by atoms with Crippen molar-refractivity contribution in [3.8, 4) is 0 Å². The van der Waals surface area contributed by atoms with Crippen LogP contribution in [0.1, 0.15) is 48.1 Å². The van der Waals surface area contributed by atoms with Crippen LogP contribution in [0.15, 0.2) is 42.5 Å². The standard InChI is InChI=1S/C24H30ClNO3.ClH/c1-2-29-24(28)11-8-17-6-9-20-13-18(7-10-19(20)12-17)15-26-16-23(27)21-4-3-5-22(25)14-21;/h3-6,9,12,14,18,23,26-27H,2,7-8,10-11,13,15-16H2,1H3;1H. The molecule has 0 radical (unpaired) electrons. The summed E-state index contributed by atoms with van der Waals surface area (Å²) in [4.78, 5) is 11.6.